The predicted octanol–water partition coefficient (Wildman–Crippen LogP) is 4.33. The molecule has 29 heavy (non-hydrogen) atoms. The highest BCUT2D eigenvalue weighted by Crippen LogP contribution is 2.18. The lowest BCUT2D eigenvalue weighted by atomic mass is 10.1. The first-order valence-electron chi connectivity index (χ1n) is 9.58. The van der Waals surface area contributed by atoms with Crippen LogP contribution in [0.4, 0.5) is 0 Å². The fraction of sp³-hybridized carbons (Fsp3) is 0.391. The van der Waals surface area contributed by atoms with Crippen LogP contribution in [0.15, 0.2) is 53.0 Å². The molecule has 1 N–H and O–H groups in total. The quantitative estimate of drug-likeness (QED) is 0.668. The van der Waals surface area contributed by atoms with Crippen LogP contribution in [0.25, 0.3) is 0 Å². The van der Waals surface area contributed by atoms with E-state index in [1.54, 1.807) is 18.9 Å². The van der Waals surface area contributed by atoms with Gasteiger partial charge in [-0.05, 0) is 63.1 Å². The van der Waals surface area contributed by atoms with Crippen LogP contribution < -0.4 is 10.1 Å². The number of hydrogen-bond donors (Lipinski definition) is 1. The lowest BCUT2D eigenvalue weighted by molar-refractivity contribution is -0.140. The average molecular weight is 461 g/mol. The molecule has 2 aromatic rings. The van der Waals surface area contributed by atoms with Gasteiger partial charge < -0.3 is 15.0 Å². The molecule has 0 aromatic heterocycles. The summed E-state index contributed by atoms with van der Waals surface area (Å²) >= 11 is 3.47. The molecule has 1 atom stereocenters. The van der Waals surface area contributed by atoms with Crippen molar-refractivity contribution in [3.05, 3.63) is 64.1 Å². The van der Waals surface area contributed by atoms with E-state index in [1.165, 1.54) is 0 Å². The molecule has 0 saturated carbocycles. The molecule has 6 heteroatoms. The van der Waals surface area contributed by atoms with Crippen molar-refractivity contribution in [1.29, 1.82) is 0 Å². The van der Waals surface area contributed by atoms with Gasteiger partial charge in [-0.1, -0.05) is 40.2 Å². The Morgan fingerprint density at radius 1 is 1.10 bits per heavy atom. The van der Waals surface area contributed by atoms with Gasteiger partial charge in [0.05, 0.1) is 13.5 Å². The van der Waals surface area contributed by atoms with Gasteiger partial charge in [0.1, 0.15) is 11.8 Å². The number of rotatable bonds is 7. The summed E-state index contributed by atoms with van der Waals surface area (Å²) in [4.78, 5) is 27.6. The Hall–Kier alpha value is -2.34. The lowest BCUT2D eigenvalue weighted by Gasteiger charge is -2.31. The summed E-state index contributed by atoms with van der Waals surface area (Å²) in [7, 11) is 1.61. The number of methoxy groups -OCH3 is 1. The van der Waals surface area contributed by atoms with Crippen molar-refractivity contribution in [1.82, 2.24) is 10.2 Å². The third-order valence-electron chi connectivity index (χ3n) is 4.42. The summed E-state index contributed by atoms with van der Waals surface area (Å²) < 4.78 is 6.11. The second-order valence-corrected chi connectivity index (χ2v) is 9.01. The number of benzene rings is 2. The van der Waals surface area contributed by atoms with Crippen molar-refractivity contribution in [2.75, 3.05) is 7.11 Å². The molecule has 0 spiro atoms. The minimum absolute atomic E-state index is 0.105. The highest BCUT2D eigenvalue weighted by Gasteiger charge is 2.28. The molecule has 0 aliphatic rings. The summed E-state index contributed by atoms with van der Waals surface area (Å²) in [6.45, 7) is 7.90. The van der Waals surface area contributed by atoms with E-state index in [4.69, 9.17) is 4.74 Å². The van der Waals surface area contributed by atoms with Crippen LogP contribution in [-0.2, 0) is 22.6 Å². The first-order chi connectivity index (χ1) is 13.6. The molecule has 0 bridgehead atoms. The number of ether oxygens (including phenoxy) is 1. The van der Waals surface area contributed by atoms with Gasteiger partial charge in [0, 0.05) is 16.6 Å². The fourth-order valence-electron chi connectivity index (χ4n) is 2.91. The largest absolute Gasteiger partial charge is 0.497 e. The molecule has 156 valence electrons. The SMILES string of the molecule is COc1ccc(CC(=O)N(Cc2cccc(Br)c2)[C@@H](C)C(=O)NC(C)(C)C)cc1. The maximum absolute atomic E-state index is 13.2. The Morgan fingerprint density at radius 2 is 1.76 bits per heavy atom. The third kappa shape index (κ3) is 7.20. The minimum Gasteiger partial charge on any atom is -0.497 e. The van der Waals surface area contributed by atoms with Crippen LogP contribution in [0.5, 0.6) is 5.75 Å². The molecule has 0 heterocycles. The Labute approximate surface area is 181 Å². The zero-order valence-corrected chi connectivity index (χ0v) is 19.2. The highest BCUT2D eigenvalue weighted by molar-refractivity contribution is 9.10. The first-order valence-corrected chi connectivity index (χ1v) is 10.4. The monoisotopic (exact) mass is 460 g/mol. The number of halogens is 1. The summed E-state index contributed by atoms with van der Waals surface area (Å²) in [6, 6.07) is 14.6. The second-order valence-electron chi connectivity index (χ2n) is 8.09. The van der Waals surface area contributed by atoms with E-state index in [9.17, 15) is 9.59 Å². The molecule has 0 radical (unpaired) electrons. The van der Waals surface area contributed by atoms with Gasteiger partial charge in [0.15, 0.2) is 0 Å². The van der Waals surface area contributed by atoms with Gasteiger partial charge in [-0.25, -0.2) is 0 Å². The van der Waals surface area contributed by atoms with E-state index in [-0.39, 0.29) is 23.8 Å². The standard InChI is InChI=1S/C23H29BrN2O3/c1-16(22(28)25-23(2,3)4)26(15-18-7-6-8-19(24)13-18)21(27)14-17-9-11-20(29-5)12-10-17/h6-13,16H,14-15H2,1-5H3,(H,25,28)/t16-/m0/s1. The Balaban J connectivity index is 2.24. The predicted molar refractivity (Wildman–Crippen MR) is 119 cm³/mol. The van der Waals surface area contributed by atoms with E-state index in [2.05, 4.69) is 21.2 Å². The molecule has 0 fully saturated rings. The number of carbonyl (C=O) groups is 2. The van der Waals surface area contributed by atoms with Crippen molar-refractivity contribution in [3.63, 3.8) is 0 Å². The van der Waals surface area contributed by atoms with Gasteiger partial charge in [0.2, 0.25) is 11.8 Å². The Kier molecular flexibility index (Phi) is 7.85. The fourth-order valence-corrected chi connectivity index (χ4v) is 3.35. The van der Waals surface area contributed by atoms with E-state index in [0.717, 1.165) is 21.3 Å². The maximum atomic E-state index is 13.2. The van der Waals surface area contributed by atoms with E-state index < -0.39 is 6.04 Å². The number of hydrogen-bond acceptors (Lipinski definition) is 3. The maximum Gasteiger partial charge on any atom is 0.242 e. The van der Waals surface area contributed by atoms with Crippen LogP contribution in [0, 0.1) is 0 Å². The summed E-state index contributed by atoms with van der Waals surface area (Å²) in [5.74, 6) is 0.465. The van der Waals surface area contributed by atoms with Crippen LogP contribution in [0.2, 0.25) is 0 Å². The first kappa shape index (κ1) is 22.9. The van der Waals surface area contributed by atoms with Crippen molar-refractivity contribution < 1.29 is 14.3 Å². The normalized spacial score (nSPS) is 12.2. The van der Waals surface area contributed by atoms with E-state index in [1.807, 2.05) is 69.3 Å². The molecule has 0 saturated heterocycles. The van der Waals surface area contributed by atoms with E-state index >= 15 is 0 Å². The molecule has 0 aliphatic carbocycles. The van der Waals surface area contributed by atoms with Gasteiger partial charge in [-0.15, -0.1) is 0 Å². The Morgan fingerprint density at radius 3 is 2.31 bits per heavy atom. The number of amides is 2. The molecular weight excluding hydrogens is 432 g/mol. The van der Waals surface area contributed by atoms with Gasteiger partial charge >= 0.3 is 0 Å². The number of nitrogens with one attached hydrogen (secondary N) is 1. The summed E-state index contributed by atoms with van der Waals surface area (Å²) in [5, 5.41) is 2.97. The molecule has 2 amide bonds. The van der Waals surface area contributed by atoms with Crippen molar-refractivity contribution in [2.24, 2.45) is 0 Å². The molecule has 0 unspecified atom stereocenters. The van der Waals surface area contributed by atoms with Crippen molar-refractivity contribution in [2.45, 2.75) is 52.2 Å². The van der Waals surface area contributed by atoms with Crippen molar-refractivity contribution >= 4 is 27.7 Å². The van der Waals surface area contributed by atoms with Gasteiger partial charge in [0.25, 0.3) is 0 Å². The number of carbonyl (C=O) groups excluding carboxylic acids is 2. The smallest absolute Gasteiger partial charge is 0.242 e. The molecule has 0 aliphatic heterocycles. The Bertz CT molecular complexity index is 844. The van der Waals surface area contributed by atoms with Crippen molar-refractivity contribution in [3.8, 4) is 5.75 Å². The second kappa shape index (κ2) is 9.92. The summed E-state index contributed by atoms with van der Waals surface area (Å²) in [5.41, 5.74) is 1.46. The average Bonchev–Trinajstić information content (AvgIpc) is 2.65. The molecule has 2 rings (SSSR count). The van der Waals surface area contributed by atoms with Gasteiger partial charge in [-0.2, -0.15) is 0 Å². The highest BCUT2D eigenvalue weighted by atomic mass is 79.9. The van der Waals surface area contributed by atoms with Crippen LogP contribution in [0.1, 0.15) is 38.8 Å². The van der Waals surface area contributed by atoms with E-state index in [0.29, 0.717) is 6.54 Å². The third-order valence-corrected chi connectivity index (χ3v) is 4.92. The minimum atomic E-state index is -0.598. The zero-order valence-electron chi connectivity index (χ0n) is 17.7. The van der Waals surface area contributed by atoms with Crippen LogP contribution in [0.3, 0.4) is 0 Å². The lowest BCUT2D eigenvalue weighted by Crippen LogP contribution is -2.52. The summed E-state index contributed by atoms with van der Waals surface area (Å²) in [6.07, 6.45) is 0.213. The molecule has 2 aromatic carbocycles. The zero-order chi connectivity index (χ0) is 21.6. The molecular formula is C23H29BrN2O3. The van der Waals surface area contributed by atoms with Gasteiger partial charge in [-0.3, -0.25) is 9.59 Å². The van der Waals surface area contributed by atoms with Crippen LogP contribution in [-0.4, -0.2) is 35.4 Å². The van der Waals surface area contributed by atoms with Crippen LogP contribution >= 0.6 is 15.9 Å². The topological polar surface area (TPSA) is 58.6 Å². The number of nitrogens with zero attached hydrogens (tertiary/aromatic N) is 1. The molecule has 5 nitrogen and oxygen atoms in total.